The minimum absolute atomic E-state index is 0.0575. The molecule has 0 spiro atoms. The maximum Gasteiger partial charge on any atom is 0.232 e. The summed E-state index contributed by atoms with van der Waals surface area (Å²) in [7, 11) is 1.68. The third-order valence-electron chi connectivity index (χ3n) is 6.65. The summed E-state index contributed by atoms with van der Waals surface area (Å²) in [4.78, 5) is 12.6. The molecule has 1 N–H and O–H groups in total. The normalized spacial score (nSPS) is 33.1. The summed E-state index contributed by atoms with van der Waals surface area (Å²) >= 11 is 1.99. The highest BCUT2D eigenvalue weighted by Gasteiger charge is 2.52. The molecule has 1 amide bonds. The summed E-state index contributed by atoms with van der Waals surface area (Å²) in [6.45, 7) is 2.81. The summed E-state index contributed by atoms with van der Waals surface area (Å²) < 4.78 is 5.59. The number of carbonyl (C=O) groups is 1. The van der Waals surface area contributed by atoms with Crippen LogP contribution in [-0.2, 0) is 11.2 Å². The third kappa shape index (κ3) is 3.90. The SMILES string of the molecule is COc1ccc(CCNC(=O)[C@H](C)SC23CC4CC(CC(C4)C2)C3)cc1. The minimum Gasteiger partial charge on any atom is -0.497 e. The fourth-order valence-corrected chi connectivity index (χ4v) is 7.81. The van der Waals surface area contributed by atoms with Crippen LogP contribution in [0.25, 0.3) is 0 Å². The second-order valence-corrected chi connectivity index (χ2v) is 10.6. The second-order valence-electron chi connectivity index (χ2n) is 8.75. The molecule has 4 fully saturated rings. The molecule has 4 aliphatic rings. The average molecular weight is 374 g/mol. The van der Waals surface area contributed by atoms with Gasteiger partial charge in [-0.2, -0.15) is 0 Å². The van der Waals surface area contributed by atoms with Crippen molar-refractivity contribution in [2.75, 3.05) is 13.7 Å². The van der Waals surface area contributed by atoms with E-state index in [1.807, 2.05) is 23.9 Å². The Morgan fingerprint density at radius 1 is 1.15 bits per heavy atom. The molecule has 1 aromatic carbocycles. The standard InChI is InChI=1S/C22H31NO2S/c1-15(21(24)23-8-7-16-3-5-20(25-2)6-4-16)26-22-12-17-9-18(13-22)11-19(10-17)14-22/h3-6,15,17-19H,7-14H2,1-2H3,(H,23,24)/t15-,17?,18?,19?,22?/m0/s1. The molecule has 1 atom stereocenters. The van der Waals surface area contributed by atoms with Gasteiger partial charge in [-0.3, -0.25) is 4.79 Å². The summed E-state index contributed by atoms with van der Waals surface area (Å²) in [5.41, 5.74) is 1.23. The Labute approximate surface area is 161 Å². The smallest absolute Gasteiger partial charge is 0.232 e. The number of nitrogens with one attached hydrogen (secondary N) is 1. The first-order valence-electron chi connectivity index (χ1n) is 10.1. The van der Waals surface area contributed by atoms with Crippen molar-refractivity contribution in [1.82, 2.24) is 5.32 Å². The van der Waals surface area contributed by atoms with Gasteiger partial charge in [-0.15, -0.1) is 11.8 Å². The lowest BCUT2D eigenvalue weighted by molar-refractivity contribution is -0.120. The third-order valence-corrected chi connectivity index (χ3v) is 8.22. The van der Waals surface area contributed by atoms with Crippen LogP contribution in [-0.4, -0.2) is 29.6 Å². The molecule has 4 aliphatic carbocycles. The number of thioether (sulfide) groups is 1. The molecule has 4 saturated carbocycles. The molecule has 4 heteroatoms. The van der Waals surface area contributed by atoms with Gasteiger partial charge in [0.05, 0.1) is 12.4 Å². The lowest BCUT2D eigenvalue weighted by Crippen LogP contribution is -2.50. The van der Waals surface area contributed by atoms with E-state index in [9.17, 15) is 4.79 Å². The highest BCUT2D eigenvalue weighted by atomic mass is 32.2. The van der Waals surface area contributed by atoms with Crippen LogP contribution in [0.15, 0.2) is 24.3 Å². The zero-order valence-electron chi connectivity index (χ0n) is 16.0. The molecule has 0 saturated heterocycles. The van der Waals surface area contributed by atoms with Crippen molar-refractivity contribution in [2.24, 2.45) is 17.8 Å². The van der Waals surface area contributed by atoms with Gasteiger partial charge < -0.3 is 10.1 Å². The number of ether oxygens (including phenoxy) is 1. The van der Waals surface area contributed by atoms with Crippen molar-refractivity contribution in [2.45, 2.75) is 61.9 Å². The Morgan fingerprint density at radius 3 is 2.27 bits per heavy atom. The number of rotatable bonds is 7. The van der Waals surface area contributed by atoms with Crippen LogP contribution in [0.5, 0.6) is 5.75 Å². The van der Waals surface area contributed by atoms with Gasteiger partial charge >= 0.3 is 0 Å². The molecule has 0 radical (unpaired) electrons. The van der Waals surface area contributed by atoms with Crippen LogP contribution in [0.1, 0.15) is 51.0 Å². The van der Waals surface area contributed by atoms with Crippen molar-refractivity contribution in [3.05, 3.63) is 29.8 Å². The van der Waals surface area contributed by atoms with Crippen molar-refractivity contribution in [1.29, 1.82) is 0 Å². The van der Waals surface area contributed by atoms with Gasteiger partial charge in [-0.05, 0) is 87.3 Å². The van der Waals surface area contributed by atoms with Crippen LogP contribution < -0.4 is 10.1 Å². The minimum atomic E-state index is 0.0575. The van der Waals surface area contributed by atoms with E-state index in [0.29, 0.717) is 11.3 Å². The van der Waals surface area contributed by atoms with Gasteiger partial charge in [0.15, 0.2) is 0 Å². The predicted molar refractivity (Wildman–Crippen MR) is 108 cm³/mol. The first-order valence-corrected chi connectivity index (χ1v) is 11.0. The van der Waals surface area contributed by atoms with E-state index < -0.39 is 0 Å². The average Bonchev–Trinajstić information content (AvgIpc) is 2.60. The van der Waals surface area contributed by atoms with Gasteiger partial charge in [0, 0.05) is 11.3 Å². The summed E-state index contributed by atoms with van der Waals surface area (Å²) in [5, 5.41) is 3.21. The van der Waals surface area contributed by atoms with E-state index >= 15 is 0 Å². The molecule has 26 heavy (non-hydrogen) atoms. The molecule has 3 nitrogen and oxygen atoms in total. The number of amides is 1. The van der Waals surface area contributed by atoms with E-state index in [0.717, 1.165) is 29.9 Å². The fourth-order valence-electron chi connectivity index (χ4n) is 5.87. The number of hydrogen-bond acceptors (Lipinski definition) is 3. The zero-order chi connectivity index (χ0) is 18.1. The second kappa shape index (κ2) is 7.46. The van der Waals surface area contributed by atoms with Crippen LogP contribution in [0, 0.1) is 17.8 Å². The number of methoxy groups -OCH3 is 1. The van der Waals surface area contributed by atoms with Crippen molar-refractivity contribution >= 4 is 17.7 Å². The van der Waals surface area contributed by atoms with Crippen LogP contribution in [0.3, 0.4) is 0 Å². The Morgan fingerprint density at radius 2 is 1.73 bits per heavy atom. The van der Waals surface area contributed by atoms with Crippen molar-refractivity contribution in [3.8, 4) is 5.75 Å². The van der Waals surface area contributed by atoms with E-state index in [1.165, 1.54) is 44.1 Å². The monoisotopic (exact) mass is 373 g/mol. The summed E-state index contributed by atoms with van der Waals surface area (Å²) in [6, 6.07) is 8.09. The molecule has 0 heterocycles. The van der Waals surface area contributed by atoms with E-state index in [-0.39, 0.29) is 11.2 Å². The quantitative estimate of drug-likeness (QED) is 0.768. The predicted octanol–water partition coefficient (Wildman–Crippen LogP) is 4.44. The molecule has 4 bridgehead atoms. The first kappa shape index (κ1) is 18.2. The Kier molecular flexibility index (Phi) is 5.22. The first-order chi connectivity index (χ1) is 12.5. The van der Waals surface area contributed by atoms with Gasteiger partial charge in [-0.25, -0.2) is 0 Å². The molecule has 1 aromatic rings. The Hall–Kier alpha value is -1.16. The molecule has 0 unspecified atom stereocenters. The number of hydrogen-bond donors (Lipinski definition) is 1. The zero-order valence-corrected chi connectivity index (χ0v) is 16.8. The molecule has 142 valence electrons. The molecule has 5 rings (SSSR count). The fraction of sp³-hybridized carbons (Fsp3) is 0.682. The molecular formula is C22H31NO2S. The van der Waals surface area contributed by atoms with Crippen LogP contribution in [0.2, 0.25) is 0 Å². The van der Waals surface area contributed by atoms with Gasteiger partial charge in [0.25, 0.3) is 0 Å². The Balaban J connectivity index is 1.25. The summed E-state index contributed by atoms with van der Waals surface area (Å²) in [5.74, 6) is 3.91. The number of carbonyl (C=O) groups excluding carboxylic acids is 1. The van der Waals surface area contributed by atoms with Crippen molar-refractivity contribution in [3.63, 3.8) is 0 Å². The van der Waals surface area contributed by atoms with Crippen LogP contribution in [0.4, 0.5) is 0 Å². The molecular weight excluding hydrogens is 342 g/mol. The van der Waals surface area contributed by atoms with Gasteiger partial charge in [-0.1, -0.05) is 12.1 Å². The van der Waals surface area contributed by atoms with Crippen molar-refractivity contribution < 1.29 is 9.53 Å². The lowest BCUT2D eigenvalue weighted by atomic mass is 9.56. The van der Waals surface area contributed by atoms with Crippen LogP contribution >= 0.6 is 11.8 Å². The summed E-state index contributed by atoms with van der Waals surface area (Å²) in [6.07, 6.45) is 9.31. The van der Waals surface area contributed by atoms with E-state index in [1.54, 1.807) is 7.11 Å². The van der Waals surface area contributed by atoms with E-state index in [4.69, 9.17) is 4.74 Å². The maximum atomic E-state index is 12.6. The van der Waals surface area contributed by atoms with Gasteiger partial charge in [0.1, 0.15) is 5.75 Å². The number of benzene rings is 1. The maximum absolute atomic E-state index is 12.6. The van der Waals surface area contributed by atoms with Gasteiger partial charge in [0.2, 0.25) is 5.91 Å². The molecule has 0 aliphatic heterocycles. The Bertz CT molecular complexity index is 607. The van der Waals surface area contributed by atoms with E-state index in [2.05, 4.69) is 24.4 Å². The lowest BCUT2D eigenvalue weighted by Gasteiger charge is -2.57. The highest BCUT2D eigenvalue weighted by Crippen LogP contribution is 2.61. The molecule has 0 aromatic heterocycles. The highest BCUT2D eigenvalue weighted by molar-refractivity contribution is 8.01. The largest absolute Gasteiger partial charge is 0.497 e. The topological polar surface area (TPSA) is 38.3 Å².